The van der Waals surface area contributed by atoms with Crippen LogP contribution in [0.3, 0.4) is 0 Å². The highest BCUT2D eigenvalue weighted by Crippen LogP contribution is 2.25. The standard InChI is InChI=1S/C25H32N4O2/c1-4-27(18(2)3)17-19-9-11-20(12-10-19)24(30)28-15-13-21(14-16-28)29-23-8-6-5-7-22(23)26-25(29)31/h5-12,18,21H,4,13-17H2,1-3H3,(H,26,31). The zero-order valence-corrected chi connectivity index (χ0v) is 18.7. The van der Waals surface area contributed by atoms with Crippen molar-refractivity contribution in [1.82, 2.24) is 19.4 Å². The van der Waals surface area contributed by atoms with Crippen LogP contribution < -0.4 is 5.69 Å². The molecule has 6 heteroatoms. The fourth-order valence-electron chi connectivity index (χ4n) is 4.59. The highest BCUT2D eigenvalue weighted by Gasteiger charge is 2.26. The minimum atomic E-state index is -0.0657. The van der Waals surface area contributed by atoms with E-state index in [1.165, 1.54) is 5.56 Å². The lowest BCUT2D eigenvalue weighted by atomic mass is 10.0. The summed E-state index contributed by atoms with van der Waals surface area (Å²) in [6.07, 6.45) is 1.57. The number of nitrogens with one attached hydrogen (secondary N) is 1. The lowest BCUT2D eigenvalue weighted by molar-refractivity contribution is 0.0695. The summed E-state index contributed by atoms with van der Waals surface area (Å²) in [7, 11) is 0. The van der Waals surface area contributed by atoms with E-state index in [1.54, 1.807) is 0 Å². The molecular formula is C25H32N4O2. The van der Waals surface area contributed by atoms with Gasteiger partial charge in [-0.25, -0.2) is 4.79 Å². The van der Waals surface area contributed by atoms with Gasteiger partial charge in [0.05, 0.1) is 11.0 Å². The number of aromatic amines is 1. The number of likely N-dealkylation sites (tertiary alicyclic amines) is 1. The minimum absolute atomic E-state index is 0.0657. The molecule has 0 saturated carbocycles. The number of aromatic nitrogens is 2. The largest absolute Gasteiger partial charge is 0.338 e. The van der Waals surface area contributed by atoms with Crippen LogP contribution in [0, 0.1) is 0 Å². The zero-order valence-electron chi connectivity index (χ0n) is 18.7. The maximum Gasteiger partial charge on any atom is 0.326 e. The summed E-state index contributed by atoms with van der Waals surface area (Å²) < 4.78 is 1.86. The Hall–Kier alpha value is -2.86. The number of hydrogen-bond acceptors (Lipinski definition) is 3. The number of amides is 1. The van der Waals surface area contributed by atoms with Crippen LogP contribution in [0.4, 0.5) is 0 Å². The van der Waals surface area contributed by atoms with Gasteiger partial charge in [0.15, 0.2) is 0 Å². The van der Waals surface area contributed by atoms with Crippen molar-refractivity contribution < 1.29 is 4.79 Å². The van der Waals surface area contributed by atoms with Gasteiger partial charge in [-0.15, -0.1) is 0 Å². The summed E-state index contributed by atoms with van der Waals surface area (Å²) in [5, 5.41) is 0. The number of H-pyrrole nitrogens is 1. The van der Waals surface area contributed by atoms with Crippen molar-refractivity contribution in [2.75, 3.05) is 19.6 Å². The van der Waals surface area contributed by atoms with Crippen molar-refractivity contribution in [2.24, 2.45) is 0 Å². The monoisotopic (exact) mass is 420 g/mol. The fraction of sp³-hybridized carbons (Fsp3) is 0.440. The third kappa shape index (κ3) is 4.44. The normalized spacial score (nSPS) is 15.3. The van der Waals surface area contributed by atoms with Crippen LogP contribution in [0.25, 0.3) is 11.0 Å². The SMILES string of the molecule is CCN(Cc1ccc(C(=O)N2CCC(n3c(=O)[nH]c4ccccc43)CC2)cc1)C(C)C. The van der Waals surface area contributed by atoms with E-state index in [0.29, 0.717) is 19.1 Å². The number of nitrogens with zero attached hydrogens (tertiary/aromatic N) is 3. The second kappa shape index (κ2) is 9.10. The molecule has 164 valence electrons. The molecule has 0 atom stereocenters. The van der Waals surface area contributed by atoms with Crippen LogP contribution in [0.1, 0.15) is 55.6 Å². The summed E-state index contributed by atoms with van der Waals surface area (Å²) in [6, 6.07) is 16.4. The molecule has 1 aliphatic rings. The molecule has 0 bridgehead atoms. The Balaban J connectivity index is 1.40. The number of rotatable bonds is 6. The molecular weight excluding hydrogens is 388 g/mol. The van der Waals surface area contributed by atoms with Gasteiger partial charge < -0.3 is 9.88 Å². The van der Waals surface area contributed by atoms with Gasteiger partial charge in [0.2, 0.25) is 0 Å². The molecule has 1 saturated heterocycles. The van der Waals surface area contributed by atoms with Gasteiger partial charge in [-0.2, -0.15) is 0 Å². The molecule has 31 heavy (non-hydrogen) atoms. The highest BCUT2D eigenvalue weighted by atomic mass is 16.2. The van der Waals surface area contributed by atoms with Crippen molar-refractivity contribution in [3.63, 3.8) is 0 Å². The van der Waals surface area contributed by atoms with Crippen molar-refractivity contribution in [2.45, 2.75) is 52.2 Å². The number of hydrogen-bond donors (Lipinski definition) is 1. The van der Waals surface area contributed by atoms with E-state index in [4.69, 9.17) is 0 Å². The van der Waals surface area contributed by atoms with Gasteiger partial charge in [0, 0.05) is 37.3 Å². The van der Waals surface area contributed by atoms with E-state index in [-0.39, 0.29) is 17.6 Å². The van der Waals surface area contributed by atoms with Crippen LogP contribution in [0.2, 0.25) is 0 Å². The molecule has 0 spiro atoms. The topological polar surface area (TPSA) is 61.3 Å². The van der Waals surface area contributed by atoms with E-state index in [0.717, 1.165) is 42.5 Å². The van der Waals surface area contributed by atoms with Crippen LogP contribution in [0.5, 0.6) is 0 Å². The summed E-state index contributed by atoms with van der Waals surface area (Å²) in [5.41, 5.74) is 3.70. The van der Waals surface area contributed by atoms with Crippen LogP contribution >= 0.6 is 0 Å². The maximum atomic E-state index is 13.0. The Morgan fingerprint density at radius 2 is 1.77 bits per heavy atom. The predicted octanol–water partition coefficient (Wildman–Crippen LogP) is 4.04. The molecule has 0 radical (unpaired) electrons. The molecule has 0 unspecified atom stereocenters. The minimum Gasteiger partial charge on any atom is -0.338 e. The van der Waals surface area contributed by atoms with Gasteiger partial charge in [-0.1, -0.05) is 31.2 Å². The Labute approximate surface area is 183 Å². The quantitative estimate of drug-likeness (QED) is 0.655. The first kappa shape index (κ1) is 21.4. The maximum absolute atomic E-state index is 13.0. The summed E-state index contributed by atoms with van der Waals surface area (Å²) in [4.78, 5) is 32.7. The number of imidazole rings is 1. The Bertz CT molecular complexity index is 1090. The van der Waals surface area contributed by atoms with E-state index < -0.39 is 0 Å². The van der Waals surface area contributed by atoms with Gasteiger partial charge in [0.25, 0.3) is 5.91 Å². The molecule has 1 aromatic heterocycles. The molecule has 2 heterocycles. The fourth-order valence-corrected chi connectivity index (χ4v) is 4.59. The lowest BCUT2D eigenvalue weighted by Crippen LogP contribution is -2.40. The summed E-state index contributed by atoms with van der Waals surface area (Å²) in [5.74, 6) is 0.0764. The molecule has 1 N–H and O–H groups in total. The average molecular weight is 421 g/mol. The third-order valence-corrected chi connectivity index (χ3v) is 6.46. The number of para-hydroxylation sites is 2. The lowest BCUT2D eigenvalue weighted by Gasteiger charge is -2.32. The van der Waals surface area contributed by atoms with Crippen LogP contribution in [-0.4, -0.2) is 50.9 Å². The molecule has 1 aliphatic heterocycles. The first-order chi connectivity index (χ1) is 15.0. The average Bonchev–Trinajstić information content (AvgIpc) is 3.13. The van der Waals surface area contributed by atoms with Crippen molar-refractivity contribution in [3.05, 3.63) is 70.1 Å². The Morgan fingerprint density at radius 3 is 2.42 bits per heavy atom. The predicted molar refractivity (Wildman–Crippen MR) is 124 cm³/mol. The first-order valence-electron chi connectivity index (χ1n) is 11.3. The molecule has 1 fully saturated rings. The van der Waals surface area contributed by atoms with E-state index >= 15 is 0 Å². The number of carbonyl (C=O) groups is 1. The smallest absolute Gasteiger partial charge is 0.326 e. The van der Waals surface area contributed by atoms with Crippen LogP contribution in [0.15, 0.2) is 53.3 Å². The molecule has 3 aromatic rings. The molecule has 6 nitrogen and oxygen atoms in total. The first-order valence-corrected chi connectivity index (χ1v) is 11.3. The molecule has 2 aromatic carbocycles. The summed E-state index contributed by atoms with van der Waals surface area (Å²) >= 11 is 0. The van der Waals surface area contributed by atoms with Gasteiger partial charge in [0.1, 0.15) is 0 Å². The molecule has 1 amide bonds. The number of piperidine rings is 1. The van der Waals surface area contributed by atoms with Gasteiger partial charge in [-0.05, 0) is 63.1 Å². The van der Waals surface area contributed by atoms with Gasteiger partial charge >= 0.3 is 5.69 Å². The van der Waals surface area contributed by atoms with Crippen molar-refractivity contribution in [1.29, 1.82) is 0 Å². The zero-order chi connectivity index (χ0) is 22.0. The van der Waals surface area contributed by atoms with Crippen LogP contribution in [-0.2, 0) is 6.54 Å². The molecule has 4 rings (SSSR count). The third-order valence-electron chi connectivity index (χ3n) is 6.46. The second-order valence-electron chi connectivity index (χ2n) is 8.69. The van der Waals surface area contributed by atoms with E-state index in [9.17, 15) is 9.59 Å². The van der Waals surface area contributed by atoms with Crippen molar-refractivity contribution >= 4 is 16.9 Å². The molecule has 0 aliphatic carbocycles. The van der Waals surface area contributed by atoms with E-state index in [2.05, 4.69) is 42.8 Å². The van der Waals surface area contributed by atoms with Gasteiger partial charge in [-0.3, -0.25) is 14.3 Å². The number of fused-ring (bicyclic) bond motifs is 1. The number of benzene rings is 2. The summed E-state index contributed by atoms with van der Waals surface area (Å²) in [6.45, 7) is 9.80. The van der Waals surface area contributed by atoms with E-state index in [1.807, 2.05) is 45.9 Å². The Morgan fingerprint density at radius 1 is 1.10 bits per heavy atom. The van der Waals surface area contributed by atoms with Crippen molar-refractivity contribution in [3.8, 4) is 0 Å². The second-order valence-corrected chi connectivity index (χ2v) is 8.69. The number of carbonyl (C=O) groups excluding carboxylic acids is 1. The Kier molecular flexibility index (Phi) is 6.28. The highest BCUT2D eigenvalue weighted by molar-refractivity contribution is 5.94.